The molecule has 0 amide bonds. The summed E-state index contributed by atoms with van der Waals surface area (Å²) in [5.74, 6) is 0.0500. The molecule has 0 fully saturated rings. The molecule has 1 aromatic carbocycles. The summed E-state index contributed by atoms with van der Waals surface area (Å²) in [6, 6.07) is 6.57. The molecule has 3 heteroatoms. The summed E-state index contributed by atoms with van der Waals surface area (Å²) in [4.78, 5) is 10.1. The molecule has 0 N–H and O–H groups in total. The molecule has 16 heavy (non-hydrogen) atoms. The van der Waals surface area contributed by atoms with Crippen molar-refractivity contribution in [3.63, 3.8) is 0 Å². The number of hydrogen-bond donors (Lipinski definition) is 0. The summed E-state index contributed by atoms with van der Waals surface area (Å²) < 4.78 is 0. The second-order valence-corrected chi connectivity index (χ2v) is 5.10. The van der Waals surface area contributed by atoms with Crippen molar-refractivity contribution in [1.29, 1.82) is 0 Å². The number of benzene rings is 1. The topological polar surface area (TPSA) is 43.1 Å². The van der Waals surface area contributed by atoms with Crippen LogP contribution in [0.5, 0.6) is 0 Å². The number of non-ortho nitro benzene ring substituents is 1. The lowest BCUT2D eigenvalue weighted by molar-refractivity contribution is -0.384. The van der Waals surface area contributed by atoms with Gasteiger partial charge in [-0.25, -0.2) is 0 Å². The Morgan fingerprint density at radius 1 is 1.31 bits per heavy atom. The van der Waals surface area contributed by atoms with Gasteiger partial charge in [0, 0.05) is 12.1 Å². The van der Waals surface area contributed by atoms with Crippen molar-refractivity contribution in [3.05, 3.63) is 46.9 Å². The maximum Gasteiger partial charge on any atom is 0.269 e. The lowest BCUT2D eigenvalue weighted by Crippen LogP contribution is -2.19. The van der Waals surface area contributed by atoms with Gasteiger partial charge in [-0.15, -0.1) is 0 Å². The highest BCUT2D eigenvalue weighted by Gasteiger charge is 2.20. The van der Waals surface area contributed by atoms with E-state index in [1.54, 1.807) is 12.1 Å². The average Bonchev–Trinajstić information content (AvgIpc) is 2.17. The zero-order valence-electron chi connectivity index (χ0n) is 9.93. The van der Waals surface area contributed by atoms with Gasteiger partial charge < -0.3 is 0 Å². The van der Waals surface area contributed by atoms with Crippen molar-refractivity contribution >= 4 is 5.69 Å². The van der Waals surface area contributed by atoms with E-state index in [1.807, 2.05) is 0 Å². The van der Waals surface area contributed by atoms with Crippen molar-refractivity contribution in [2.45, 2.75) is 27.2 Å². The van der Waals surface area contributed by atoms with Crippen LogP contribution in [0.4, 0.5) is 5.69 Å². The number of nitro groups is 1. The number of nitro benzene ring substituents is 1. The minimum atomic E-state index is -0.395. The quantitative estimate of drug-likeness (QED) is 0.576. The van der Waals surface area contributed by atoms with Crippen LogP contribution >= 0.6 is 0 Å². The highest BCUT2D eigenvalue weighted by Crippen LogP contribution is 2.28. The molecule has 0 saturated heterocycles. The zero-order chi connectivity index (χ0) is 12.3. The Morgan fingerprint density at radius 3 is 2.19 bits per heavy atom. The number of rotatable bonds is 3. The normalized spacial score (nSPS) is 13.5. The third kappa shape index (κ3) is 3.33. The first-order valence-electron chi connectivity index (χ1n) is 5.29. The maximum absolute atomic E-state index is 10.5. The molecule has 86 valence electrons. The molecule has 1 atom stereocenters. The van der Waals surface area contributed by atoms with E-state index in [9.17, 15) is 10.1 Å². The zero-order valence-corrected chi connectivity index (χ0v) is 9.93. The molecule has 1 rings (SSSR count). The number of hydrogen-bond acceptors (Lipinski definition) is 2. The van der Waals surface area contributed by atoms with Crippen molar-refractivity contribution < 1.29 is 4.92 Å². The Morgan fingerprint density at radius 2 is 1.81 bits per heavy atom. The third-order valence-corrected chi connectivity index (χ3v) is 2.72. The van der Waals surface area contributed by atoms with Crippen LogP contribution in [0.25, 0.3) is 0 Å². The first-order valence-corrected chi connectivity index (χ1v) is 5.29. The molecular weight excluding hydrogens is 202 g/mol. The minimum absolute atomic E-state index is 0.0434. The predicted molar refractivity (Wildman–Crippen MR) is 64.0 cm³/mol. The van der Waals surface area contributed by atoms with Gasteiger partial charge in [-0.2, -0.15) is 0 Å². The first kappa shape index (κ1) is 12.7. The summed E-state index contributed by atoms with van der Waals surface area (Å²) in [6.07, 6.45) is 0.738. The standard InChI is InChI=1S/C13H17NO2/c1-10(13(2,3)4)9-11-5-7-12(8-6-11)14(15)16/h1,5-8,10H,9H2,2-4H3. The van der Waals surface area contributed by atoms with Gasteiger partial charge in [-0.1, -0.05) is 32.9 Å². The van der Waals surface area contributed by atoms with E-state index in [-0.39, 0.29) is 17.0 Å². The second-order valence-electron chi connectivity index (χ2n) is 5.10. The minimum Gasteiger partial charge on any atom is -0.258 e. The summed E-state index contributed by atoms with van der Waals surface area (Å²) in [5, 5.41) is 10.5. The largest absolute Gasteiger partial charge is 0.269 e. The summed E-state index contributed by atoms with van der Waals surface area (Å²) in [6.45, 7) is 12.3. The second kappa shape index (κ2) is 4.64. The molecule has 0 spiro atoms. The maximum atomic E-state index is 10.5. The smallest absolute Gasteiger partial charge is 0.258 e. The Kier molecular flexibility index (Phi) is 3.68. The van der Waals surface area contributed by atoms with Crippen LogP contribution in [-0.4, -0.2) is 4.92 Å². The van der Waals surface area contributed by atoms with E-state index in [4.69, 9.17) is 6.92 Å². The fourth-order valence-electron chi connectivity index (χ4n) is 1.31. The summed E-state index contributed by atoms with van der Waals surface area (Å²) in [7, 11) is 0. The van der Waals surface area contributed by atoms with Crippen molar-refractivity contribution in [3.8, 4) is 0 Å². The lowest BCUT2D eigenvalue weighted by atomic mass is 9.78. The molecule has 0 heterocycles. The van der Waals surface area contributed by atoms with Gasteiger partial charge in [0.25, 0.3) is 5.69 Å². The van der Waals surface area contributed by atoms with Gasteiger partial charge in [-0.05, 0) is 30.2 Å². The van der Waals surface area contributed by atoms with Crippen LogP contribution in [-0.2, 0) is 6.42 Å². The molecule has 0 bridgehead atoms. The van der Waals surface area contributed by atoms with Crippen LogP contribution in [0, 0.1) is 28.4 Å². The van der Waals surface area contributed by atoms with E-state index in [0.717, 1.165) is 12.0 Å². The highest BCUT2D eigenvalue weighted by molar-refractivity contribution is 5.33. The van der Waals surface area contributed by atoms with Crippen LogP contribution < -0.4 is 0 Å². The van der Waals surface area contributed by atoms with Gasteiger partial charge in [0.15, 0.2) is 0 Å². The Balaban J connectivity index is 2.73. The van der Waals surface area contributed by atoms with Crippen molar-refractivity contribution in [2.75, 3.05) is 0 Å². The van der Waals surface area contributed by atoms with Gasteiger partial charge in [0.2, 0.25) is 0 Å². The Bertz CT molecular complexity index is 363. The number of nitrogens with zero attached hydrogens (tertiary/aromatic N) is 1. The van der Waals surface area contributed by atoms with E-state index < -0.39 is 4.92 Å². The molecule has 0 aliphatic rings. The first-order chi connectivity index (χ1) is 7.30. The molecule has 0 aliphatic heterocycles. The van der Waals surface area contributed by atoms with E-state index in [2.05, 4.69) is 20.8 Å². The highest BCUT2D eigenvalue weighted by atomic mass is 16.6. The van der Waals surface area contributed by atoms with Crippen LogP contribution in [0.3, 0.4) is 0 Å². The SMILES string of the molecule is [CH]C(Cc1ccc([N+](=O)[O-])cc1)C(C)(C)C. The summed E-state index contributed by atoms with van der Waals surface area (Å²) in [5.41, 5.74) is 1.20. The predicted octanol–water partition coefficient (Wildman–Crippen LogP) is 3.51. The van der Waals surface area contributed by atoms with Gasteiger partial charge in [0.1, 0.15) is 0 Å². The van der Waals surface area contributed by atoms with Crippen molar-refractivity contribution in [1.82, 2.24) is 0 Å². The average molecular weight is 219 g/mol. The fourth-order valence-corrected chi connectivity index (χ4v) is 1.31. The lowest BCUT2D eigenvalue weighted by Gasteiger charge is -2.26. The van der Waals surface area contributed by atoms with Gasteiger partial charge in [0.05, 0.1) is 4.92 Å². The molecule has 1 unspecified atom stereocenters. The van der Waals surface area contributed by atoms with Crippen molar-refractivity contribution in [2.24, 2.45) is 11.3 Å². The van der Waals surface area contributed by atoms with Gasteiger partial charge >= 0.3 is 0 Å². The van der Waals surface area contributed by atoms with Crippen LogP contribution in [0.1, 0.15) is 26.3 Å². The Labute approximate surface area is 96.6 Å². The molecule has 3 nitrogen and oxygen atoms in total. The third-order valence-electron chi connectivity index (χ3n) is 2.72. The van der Waals surface area contributed by atoms with Crippen LogP contribution in [0.2, 0.25) is 0 Å². The van der Waals surface area contributed by atoms with E-state index in [1.165, 1.54) is 12.1 Å². The molecule has 0 aromatic heterocycles. The molecular formula is C13H17NO2. The molecule has 0 saturated carbocycles. The van der Waals surface area contributed by atoms with E-state index in [0.29, 0.717) is 0 Å². The van der Waals surface area contributed by atoms with Crippen LogP contribution in [0.15, 0.2) is 24.3 Å². The monoisotopic (exact) mass is 219 g/mol. The molecule has 1 aromatic rings. The summed E-state index contributed by atoms with van der Waals surface area (Å²) >= 11 is 0. The van der Waals surface area contributed by atoms with Gasteiger partial charge in [-0.3, -0.25) is 10.1 Å². The molecule has 0 aliphatic carbocycles. The fraction of sp³-hybridized carbons (Fsp3) is 0.462. The Hall–Kier alpha value is -1.38. The van der Waals surface area contributed by atoms with E-state index >= 15 is 0 Å². The molecule has 2 radical (unpaired) electrons.